The second kappa shape index (κ2) is 6.71. The van der Waals surface area contributed by atoms with E-state index in [0.717, 1.165) is 36.5 Å². The number of unbranched alkanes of at least 4 members (excludes halogenated alkanes) is 1. The van der Waals surface area contributed by atoms with E-state index in [1.165, 1.54) is 0 Å². The van der Waals surface area contributed by atoms with Gasteiger partial charge in [-0.2, -0.15) is 0 Å². The third-order valence-corrected chi connectivity index (χ3v) is 4.67. The number of halogens is 1. The summed E-state index contributed by atoms with van der Waals surface area (Å²) in [4.78, 5) is 14.5. The van der Waals surface area contributed by atoms with E-state index in [1.54, 1.807) is 4.90 Å². The first kappa shape index (κ1) is 16.0. The molecule has 3 rings (SSSR count). The van der Waals surface area contributed by atoms with Crippen LogP contribution in [0.4, 0.5) is 0 Å². The van der Waals surface area contributed by atoms with Crippen molar-refractivity contribution in [3.63, 3.8) is 0 Å². The first-order valence-corrected chi connectivity index (χ1v) is 8.44. The molecule has 1 aromatic heterocycles. The summed E-state index contributed by atoms with van der Waals surface area (Å²) in [5.74, 6) is 1.87. The van der Waals surface area contributed by atoms with Crippen molar-refractivity contribution in [2.24, 2.45) is 0 Å². The first-order valence-electron chi connectivity index (χ1n) is 8.06. The second-order valence-electron chi connectivity index (χ2n) is 5.97. The molecule has 0 unspecified atom stereocenters. The van der Waals surface area contributed by atoms with E-state index in [4.69, 9.17) is 11.6 Å². The summed E-state index contributed by atoms with van der Waals surface area (Å²) in [6.45, 7) is 5.05. The van der Waals surface area contributed by atoms with Gasteiger partial charge in [-0.05, 0) is 25.0 Å². The number of carbonyl (C=O) groups is 1. The van der Waals surface area contributed by atoms with Crippen molar-refractivity contribution in [2.75, 3.05) is 0 Å². The van der Waals surface area contributed by atoms with Crippen LogP contribution in [-0.4, -0.2) is 25.6 Å². The van der Waals surface area contributed by atoms with E-state index < -0.39 is 0 Å². The normalized spacial score (nSPS) is 17.4. The van der Waals surface area contributed by atoms with Crippen LogP contribution < -0.4 is 0 Å². The molecule has 0 saturated carbocycles. The molecule has 5 nitrogen and oxygen atoms in total. The third kappa shape index (κ3) is 3.11. The maximum atomic E-state index is 12.7. The Balaban J connectivity index is 1.83. The van der Waals surface area contributed by atoms with Gasteiger partial charge in [0, 0.05) is 18.0 Å². The molecule has 0 radical (unpaired) electrons. The Bertz CT molecular complexity index is 712. The van der Waals surface area contributed by atoms with Crippen molar-refractivity contribution < 1.29 is 4.79 Å². The lowest BCUT2D eigenvalue weighted by Gasteiger charge is -2.32. The summed E-state index contributed by atoms with van der Waals surface area (Å²) in [6, 6.07) is 7.36. The van der Waals surface area contributed by atoms with Gasteiger partial charge in [0.1, 0.15) is 11.9 Å². The Labute approximate surface area is 141 Å². The fraction of sp³-hybridized carbons (Fsp3) is 0.471. The predicted molar refractivity (Wildman–Crippen MR) is 89.1 cm³/mol. The SMILES string of the molecule is CCCCc1nnc2n1[C@@H](C)C(=O)N(Cc1ccccc1Cl)C2. The van der Waals surface area contributed by atoms with Crippen LogP contribution in [0, 0.1) is 0 Å². The van der Waals surface area contributed by atoms with Gasteiger partial charge in [-0.15, -0.1) is 10.2 Å². The summed E-state index contributed by atoms with van der Waals surface area (Å²) in [5.41, 5.74) is 0.953. The highest BCUT2D eigenvalue weighted by Crippen LogP contribution is 2.26. The monoisotopic (exact) mass is 332 g/mol. The van der Waals surface area contributed by atoms with Crippen LogP contribution in [0.15, 0.2) is 24.3 Å². The molecule has 1 aromatic carbocycles. The number of nitrogens with zero attached hydrogens (tertiary/aromatic N) is 4. The molecule has 0 N–H and O–H groups in total. The molecule has 1 amide bonds. The molecule has 122 valence electrons. The summed E-state index contributed by atoms with van der Waals surface area (Å²) >= 11 is 6.22. The Morgan fingerprint density at radius 3 is 2.83 bits per heavy atom. The molecule has 23 heavy (non-hydrogen) atoms. The number of carbonyl (C=O) groups excluding carboxylic acids is 1. The summed E-state index contributed by atoms with van der Waals surface area (Å²) in [6.07, 6.45) is 3.02. The van der Waals surface area contributed by atoms with Crippen LogP contribution >= 0.6 is 11.6 Å². The number of rotatable bonds is 5. The summed E-state index contributed by atoms with van der Waals surface area (Å²) in [7, 11) is 0. The van der Waals surface area contributed by atoms with Crippen LogP contribution in [0.1, 0.15) is 49.9 Å². The maximum absolute atomic E-state index is 12.7. The molecule has 1 aliphatic heterocycles. The molecule has 1 atom stereocenters. The predicted octanol–water partition coefficient (Wildman–Crippen LogP) is 3.38. The molecule has 0 bridgehead atoms. The van der Waals surface area contributed by atoms with E-state index in [-0.39, 0.29) is 11.9 Å². The first-order chi connectivity index (χ1) is 11.1. The average Bonchev–Trinajstić information content (AvgIpc) is 2.95. The fourth-order valence-electron chi connectivity index (χ4n) is 3.01. The van der Waals surface area contributed by atoms with E-state index in [9.17, 15) is 4.79 Å². The van der Waals surface area contributed by atoms with Gasteiger partial charge < -0.3 is 9.47 Å². The summed E-state index contributed by atoms with van der Waals surface area (Å²) in [5, 5.41) is 9.27. The lowest BCUT2D eigenvalue weighted by atomic mass is 10.1. The van der Waals surface area contributed by atoms with Gasteiger partial charge in [-0.25, -0.2) is 0 Å². The second-order valence-corrected chi connectivity index (χ2v) is 6.37. The van der Waals surface area contributed by atoms with Gasteiger partial charge in [-0.1, -0.05) is 43.1 Å². The number of hydrogen-bond donors (Lipinski definition) is 0. The molecule has 0 spiro atoms. The lowest BCUT2D eigenvalue weighted by Crippen LogP contribution is -2.41. The van der Waals surface area contributed by atoms with Gasteiger partial charge in [0.25, 0.3) is 0 Å². The van der Waals surface area contributed by atoms with E-state index in [0.29, 0.717) is 18.1 Å². The van der Waals surface area contributed by atoms with Crippen molar-refractivity contribution in [3.8, 4) is 0 Å². The zero-order chi connectivity index (χ0) is 16.4. The number of aryl methyl sites for hydroxylation is 1. The van der Waals surface area contributed by atoms with Crippen LogP contribution in [0.3, 0.4) is 0 Å². The number of aromatic nitrogens is 3. The van der Waals surface area contributed by atoms with Crippen molar-refractivity contribution in [1.29, 1.82) is 0 Å². The van der Waals surface area contributed by atoms with Crippen LogP contribution in [0.5, 0.6) is 0 Å². The topological polar surface area (TPSA) is 51.0 Å². The highest BCUT2D eigenvalue weighted by Gasteiger charge is 2.33. The van der Waals surface area contributed by atoms with Gasteiger partial charge >= 0.3 is 0 Å². The molecule has 0 fully saturated rings. The number of benzene rings is 1. The van der Waals surface area contributed by atoms with Crippen LogP contribution in [0.2, 0.25) is 5.02 Å². The maximum Gasteiger partial charge on any atom is 0.246 e. The third-order valence-electron chi connectivity index (χ3n) is 4.30. The zero-order valence-electron chi connectivity index (χ0n) is 13.5. The molecular weight excluding hydrogens is 312 g/mol. The standard InChI is InChI=1S/C17H21ClN4O/c1-3-4-9-15-19-20-16-11-21(17(23)12(2)22(15)16)10-13-7-5-6-8-14(13)18/h5-8,12H,3-4,9-11H2,1-2H3/t12-/m0/s1. The largest absolute Gasteiger partial charge is 0.329 e. The van der Waals surface area contributed by atoms with Gasteiger partial charge in [0.15, 0.2) is 5.82 Å². The highest BCUT2D eigenvalue weighted by molar-refractivity contribution is 6.31. The fourth-order valence-corrected chi connectivity index (χ4v) is 3.21. The van der Waals surface area contributed by atoms with Crippen molar-refractivity contribution in [1.82, 2.24) is 19.7 Å². The van der Waals surface area contributed by atoms with Gasteiger partial charge in [-0.3, -0.25) is 4.79 Å². The summed E-state index contributed by atoms with van der Waals surface area (Å²) < 4.78 is 2.00. The number of fused-ring (bicyclic) bond motifs is 1. The molecule has 2 aromatic rings. The van der Waals surface area contributed by atoms with Crippen LogP contribution in [-0.2, 0) is 24.3 Å². The Morgan fingerprint density at radius 1 is 1.30 bits per heavy atom. The Morgan fingerprint density at radius 2 is 2.09 bits per heavy atom. The van der Waals surface area contributed by atoms with Gasteiger partial charge in [0.2, 0.25) is 5.91 Å². The minimum atomic E-state index is -0.261. The quantitative estimate of drug-likeness (QED) is 0.843. The van der Waals surface area contributed by atoms with Crippen molar-refractivity contribution >= 4 is 17.5 Å². The molecule has 2 heterocycles. The molecule has 6 heteroatoms. The van der Waals surface area contributed by atoms with Crippen LogP contribution in [0.25, 0.3) is 0 Å². The highest BCUT2D eigenvalue weighted by atomic mass is 35.5. The lowest BCUT2D eigenvalue weighted by molar-refractivity contribution is -0.137. The Kier molecular flexibility index (Phi) is 4.66. The molecule has 0 saturated heterocycles. The molecular formula is C17H21ClN4O. The smallest absolute Gasteiger partial charge is 0.246 e. The van der Waals surface area contributed by atoms with E-state index in [1.807, 2.05) is 35.8 Å². The molecule has 0 aliphatic carbocycles. The minimum Gasteiger partial charge on any atom is -0.329 e. The Hall–Kier alpha value is -1.88. The number of amides is 1. The minimum absolute atomic E-state index is 0.0926. The number of hydrogen-bond acceptors (Lipinski definition) is 3. The average molecular weight is 333 g/mol. The van der Waals surface area contributed by atoms with Gasteiger partial charge in [0.05, 0.1) is 6.54 Å². The van der Waals surface area contributed by atoms with Crippen molar-refractivity contribution in [2.45, 2.75) is 52.2 Å². The zero-order valence-corrected chi connectivity index (χ0v) is 14.3. The van der Waals surface area contributed by atoms with E-state index in [2.05, 4.69) is 17.1 Å². The van der Waals surface area contributed by atoms with E-state index >= 15 is 0 Å². The molecule has 1 aliphatic rings. The van der Waals surface area contributed by atoms with Crippen molar-refractivity contribution in [3.05, 3.63) is 46.5 Å².